The Balaban J connectivity index is 1.87. The van der Waals surface area contributed by atoms with Gasteiger partial charge in [0.25, 0.3) is 0 Å². The molecule has 1 aromatic carbocycles. The van der Waals surface area contributed by atoms with Crippen LogP contribution in [0.3, 0.4) is 0 Å². The second-order valence-corrected chi connectivity index (χ2v) is 6.56. The lowest BCUT2D eigenvalue weighted by molar-refractivity contribution is -0.137. The summed E-state index contributed by atoms with van der Waals surface area (Å²) < 4.78 is 44.8. The topological polar surface area (TPSA) is 74.9 Å². The lowest BCUT2D eigenvalue weighted by Crippen LogP contribution is -2.39. The zero-order chi connectivity index (χ0) is 21.4. The van der Waals surface area contributed by atoms with Gasteiger partial charge in [-0.15, -0.1) is 0 Å². The van der Waals surface area contributed by atoms with Crippen LogP contribution >= 0.6 is 0 Å². The van der Waals surface area contributed by atoms with E-state index in [4.69, 9.17) is 4.74 Å². The van der Waals surface area contributed by atoms with E-state index in [0.29, 0.717) is 19.0 Å². The largest absolute Gasteiger partial charge is 0.491 e. The SMILES string of the molecule is CCNC(=NCC(O)COc1ccc(C(F)(F)F)cc1)N(C)Cc1cnn(C)c1. The number of nitrogens with zero attached hydrogens (tertiary/aromatic N) is 4. The van der Waals surface area contributed by atoms with Crippen LogP contribution in [0.5, 0.6) is 5.75 Å². The monoisotopic (exact) mass is 413 g/mol. The molecule has 0 amide bonds. The Morgan fingerprint density at radius 3 is 2.59 bits per heavy atom. The van der Waals surface area contributed by atoms with Crippen LogP contribution in [0.1, 0.15) is 18.1 Å². The van der Waals surface area contributed by atoms with Gasteiger partial charge in [0.05, 0.1) is 18.3 Å². The van der Waals surface area contributed by atoms with Gasteiger partial charge in [-0.1, -0.05) is 0 Å². The zero-order valence-electron chi connectivity index (χ0n) is 16.6. The van der Waals surface area contributed by atoms with E-state index in [1.54, 1.807) is 10.9 Å². The van der Waals surface area contributed by atoms with Gasteiger partial charge in [-0.05, 0) is 31.2 Å². The molecule has 0 saturated carbocycles. The Labute approximate surface area is 167 Å². The predicted molar refractivity (Wildman–Crippen MR) is 104 cm³/mol. The number of aliphatic hydroxyl groups is 1. The lowest BCUT2D eigenvalue weighted by atomic mass is 10.2. The molecule has 7 nitrogen and oxygen atoms in total. The fourth-order valence-corrected chi connectivity index (χ4v) is 2.55. The standard InChI is InChI=1S/C19H26F3N5O2/c1-4-23-18(26(2)11-14-9-25-27(3)12-14)24-10-16(28)13-29-17-7-5-15(6-8-17)19(20,21)22/h5-9,12,16,28H,4,10-11,13H2,1-3H3,(H,23,24). The van der Waals surface area contributed by atoms with Crippen LogP contribution in [0.4, 0.5) is 13.2 Å². The molecule has 160 valence electrons. The second-order valence-electron chi connectivity index (χ2n) is 6.56. The summed E-state index contributed by atoms with van der Waals surface area (Å²) in [5.74, 6) is 0.867. The third-order valence-electron chi connectivity index (χ3n) is 3.95. The first-order valence-electron chi connectivity index (χ1n) is 9.14. The number of aliphatic hydroxyl groups excluding tert-OH is 1. The van der Waals surface area contributed by atoms with Crippen molar-refractivity contribution in [3.63, 3.8) is 0 Å². The van der Waals surface area contributed by atoms with Crippen molar-refractivity contribution >= 4 is 5.96 Å². The summed E-state index contributed by atoms with van der Waals surface area (Å²) in [7, 11) is 3.72. The minimum atomic E-state index is -4.39. The summed E-state index contributed by atoms with van der Waals surface area (Å²) in [4.78, 5) is 6.31. The number of hydrogen-bond donors (Lipinski definition) is 2. The molecule has 2 N–H and O–H groups in total. The molecule has 0 saturated heterocycles. The van der Waals surface area contributed by atoms with E-state index >= 15 is 0 Å². The number of halogens is 3. The zero-order valence-corrected chi connectivity index (χ0v) is 16.6. The Kier molecular flexibility index (Phi) is 7.89. The molecule has 0 radical (unpaired) electrons. The van der Waals surface area contributed by atoms with Crippen molar-refractivity contribution in [2.75, 3.05) is 26.7 Å². The van der Waals surface area contributed by atoms with Gasteiger partial charge in [0.1, 0.15) is 18.5 Å². The molecule has 29 heavy (non-hydrogen) atoms. The number of aryl methyl sites for hydroxylation is 1. The quantitative estimate of drug-likeness (QED) is 0.513. The van der Waals surface area contributed by atoms with Gasteiger partial charge in [-0.25, -0.2) is 0 Å². The van der Waals surface area contributed by atoms with E-state index in [1.807, 2.05) is 32.1 Å². The van der Waals surface area contributed by atoms with E-state index in [2.05, 4.69) is 15.4 Å². The Bertz CT molecular complexity index is 790. The van der Waals surface area contributed by atoms with E-state index < -0.39 is 17.8 Å². The van der Waals surface area contributed by atoms with Crippen LogP contribution in [0.25, 0.3) is 0 Å². The smallest absolute Gasteiger partial charge is 0.416 e. The first kappa shape index (κ1) is 22.5. The summed E-state index contributed by atoms with van der Waals surface area (Å²) in [6, 6.07) is 4.34. The molecular formula is C19H26F3N5O2. The van der Waals surface area contributed by atoms with Gasteiger partial charge in [-0.2, -0.15) is 18.3 Å². The number of rotatable bonds is 8. The van der Waals surface area contributed by atoms with Crippen molar-refractivity contribution in [2.24, 2.45) is 12.0 Å². The van der Waals surface area contributed by atoms with Crippen LogP contribution in [-0.4, -0.2) is 58.6 Å². The molecule has 1 unspecified atom stereocenters. The average Bonchev–Trinajstić information content (AvgIpc) is 3.07. The summed E-state index contributed by atoms with van der Waals surface area (Å²) in [6.07, 6.45) is -1.62. The number of nitrogens with one attached hydrogen (secondary N) is 1. The van der Waals surface area contributed by atoms with Crippen molar-refractivity contribution in [3.8, 4) is 5.75 Å². The maximum Gasteiger partial charge on any atom is 0.416 e. The Morgan fingerprint density at radius 2 is 2.03 bits per heavy atom. The molecule has 0 aliphatic carbocycles. The average molecular weight is 413 g/mol. The van der Waals surface area contributed by atoms with Crippen LogP contribution in [0, 0.1) is 0 Å². The molecule has 1 aromatic heterocycles. The number of aromatic nitrogens is 2. The maximum atomic E-state index is 12.6. The fraction of sp³-hybridized carbons (Fsp3) is 0.474. The van der Waals surface area contributed by atoms with Gasteiger partial charge in [0, 0.05) is 38.9 Å². The minimum absolute atomic E-state index is 0.0827. The van der Waals surface area contributed by atoms with Gasteiger partial charge in [-0.3, -0.25) is 9.67 Å². The van der Waals surface area contributed by atoms with Gasteiger partial charge in [0.15, 0.2) is 5.96 Å². The maximum absolute atomic E-state index is 12.6. The molecule has 0 spiro atoms. The van der Waals surface area contributed by atoms with E-state index in [-0.39, 0.29) is 18.9 Å². The molecule has 0 bridgehead atoms. The normalized spacial score (nSPS) is 13.3. The van der Waals surface area contributed by atoms with Crippen LogP contribution < -0.4 is 10.1 Å². The summed E-state index contributed by atoms with van der Waals surface area (Å²) >= 11 is 0. The number of hydrogen-bond acceptors (Lipinski definition) is 4. The number of ether oxygens (including phenoxy) is 1. The van der Waals surface area contributed by atoms with E-state index in [1.165, 1.54) is 12.1 Å². The first-order valence-corrected chi connectivity index (χ1v) is 9.14. The number of guanidine groups is 1. The summed E-state index contributed by atoms with van der Waals surface area (Å²) in [5, 5.41) is 17.4. The molecule has 0 aliphatic rings. The fourth-order valence-electron chi connectivity index (χ4n) is 2.55. The van der Waals surface area contributed by atoms with Crippen molar-refractivity contribution < 1.29 is 23.0 Å². The molecule has 1 atom stereocenters. The Hall–Kier alpha value is -2.75. The number of alkyl halides is 3. The third-order valence-corrected chi connectivity index (χ3v) is 3.95. The highest BCUT2D eigenvalue weighted by atomic mass is 19.4. The van der Waals surface area contributed by atoms with Crippen molar-refractivity contribution in [2.45, 2.75) is 25.7 Å². The molecular weight excluding hydrogens is 387 g/mol. The first-order chi connectivity index (χ1) is 13.7. The molecule has 10 heteroatoms. The van der Waals surface area contributed by atoms with Gasteiger partial charge in [0.2, 0.25) is 0 Å². The summed E-state index contributed by atoms with van der Waals surface area (Å²) in [6.45, 7) is 3.20. The summed E-state index contributed by atoms with van der Waals surface area (Å²) in [5.41, 5.74) is 0.272. The highest BCUT2D eigenvalue weighted by molar-refractivity contribution is 5.79. The van der Waals surface area contributed by atoms with Crippen LogP contribution in [0.15, 0.2) is 41.7 Å². The Morgan fingerprint density at radius 1 is 1.34 bits per heavy atom. The second kappa shape index (κ2) is 10.1. The van der Waals surface area contributed by atoms with Gasteiger partial charge < -0.3 is 20.1 Å². The molecule has 0 fully saturated rings. The molecule has 1 heterocycles. The van der Waals surface area contributed by atoms with Crippen molar-refractivity contribution in [1.82, 2.24) is 20.0 Å². The predicted octanol–water partition coefficient (Wildman–Crippen LogP) is 2.28. The van der Waals surface area contributed by atoms with Gasteiger partial charge >= 0.3 is 6.18 Å². The highest BCUT2D eigenvalue weighted by Crippen LogP contribution is 2.30. The minimum Gasteiger partial charge on any atom is -0.491 e. The van der Waals surface area contributed by atoms with Crippen LogP contribution in [-0.2, 0) is 19.8 Å². The number of aliphatic imine (C=N–C) groups is 1. The molecule has 2 aromatic rings. The lowest BCUT2D eigenvalue weighted by Gasteiger charge is -2.22. The highest BCUT2D eigenvalue weighted by Gasteiger charge is 2.30. The van der Waals surface area contributed by atoms with E-state index in [9.17, 15) is 18.3 Å². The van der Waals surface area contributed by atoms with Crippen molar-refractivity contribution in [1.29, 1.82) is 0 Å². The third kappa shape index (κ3) is 7.30. The van der Waals surface area contributed by atoms with E-state index in [0.717, 1.165) is 17.7 Å². The van der Waals surface area contributed by atoms with Crippen LogP contribution in [0.2, 0.25) is 0 Å². The molecule has 0 aliphatic heterocycles. The number of benzene rings is 1. The van der Waals surface area contributed by atoms with Crippen molar-refractivity contribution in [3.05, 3.63) is 47.8 Å². The molecule has 2 rings (SSSR count).